The highest BCUT2D eigenvalue weighted by Crippen LogP contribution is 2.06. The van der Waals surface area contributed by atoms with Crippen LogP contribution in [0, 0.1) is 11.3 Å². The SMILES string of the molecule is N#Cc1ccc(S(=O)(=O)NCCn2ccnn2)cn1. The van der Waals surface area contributed by atoms with Gasteiger partial charge in [0.15, 0.2) is 0 Å². The molecule has 0 saturated carbocycles. The number of hydrogen-bond donors (Lipinski definition) is 1. The molecule has 0 bridgehead atoms. The van der Waals surface area contributed by atoms with E-state index >= 15 is 0 Å². The Labute approximate surface area is 109 Å². The first-order chi connectivity index (χ1) is 9.12. The Kier molecular flexibility index (Phi) is 3.84. The Hall–Kier alpha value is -2.31. The highest BCUT2D eigenvalue weighted by molar-refractivity contribution is 7.89. The summed E-state index contributed by atoms with van der Waals surface area (Å²) in [5.41, 5.74) is 0.168. The molecule has 8 nitrogen and oxygen atoms in total. The molecular weight excluding hydrogens is 268 g/mol. The van der Waals surface area contributed by atoms with Crippen LogP contribution in [-0.4, -0.2) is 34.9 Å². The quantitative estimate of drug-likeness (QED) is 0.790. The zero-order chi connectivity index (χ0) is 13.7. The zero-order valence-electron chi connectivity index (χ0n) is 9.76. The minimum atomic E-state index is -3.62. The zero-order valence-corrected chi connectivity index (χ0v) is 10.6. The number of sulfonamides is 1. The molecule has 0 atom stereocenters. The number of pyridine rings is 1. The van der Waals surface area contributed by atoms with Gasteiger partial charge in [0.05, 0.1) is 12.7 Å². The van der Waals surface area contributed by atoms with Gasteiger partial charge in [-0.05, 0) is 12.1 Å². The smallest absolute Gasteiger partial charge is 0.242 e. The molecule has 2 rings (SSSR count). The monoisotopic (exact) mass is 278 g/mol. The van der Waals surface area contributed by atoms with Gasteiger partial charge in [0.25, 0.3) is 0 Å². The topological polar surface area (TPSA) is 114 Å². The number of rotatable bonds is 5. The molecule has 19 heavy (non-hydrogen) atoms. The summed E-state index contributed by atoms with van der Waals surface area (Å²) in [6.07, 6.45) is 4.30. The van der Waals surface area contributed by atoms with Crippen LogP contribution >= 0.6 is 0 Å². The maximum atomic E-state index is 11.9. The standard InChI is InChI=1S/C10H10N6O2S/c11-7-9-1-2-10(8-12-9)19(17,18)14-4-6-16-5-3-13-15-16/h1-3,5,8,14H,4,6H2. The molecule has 0 aliphatic rings. The van der Waals surface area contributed by atoms with Gasteiger partial charge < -0.3 is 0 Å². The lowest BCUT2D eigenvalue weighted by Crippen LogP contribution is -2.27. The molecule has 2 aromatic heterocycles. The van der Waals surface area contributed by atoms with Crippen LogP contribution in [0.4, 0.5) is 0 Å². The highest BCUT2D eigenvalue weighted by atomic mass is 32.2. The van der Waals surface area contributed by atoms with Crippen LogP contribution in [0.1, 0.15) is 5.69 Å². The van der Waals surface area contributed by atoms with Crippen molar-refractivity contribution in [3.05, 3.63) is 36.4 Å². The maximum absolute atomic E-state index is 11.9. The third-order valence-corrected chi connectivity index (χ3v) is 3.71. The van der Waals surface area contributed by atoms with E-state index in [1.165, 1.54) is 23.0 Å². The van der Waals surface area contributed by atoms with E-state index in [9.17, 15) is 8.42 Å². The first kappa shape index (κ1) is 13.1. The molecule has 0 radical (unpaired) electrons. The first-order valence-electron chi connectivity index (χ1n) is 5.32. The molecule has 2 heterocycles. The van der Waals surface area contributed by atoms with E-state index in [4.69, 9.17) is 5.26 Å². The van der Waals surface area contributed by atoms with Gasteiger partial charge in [-0.25, -0.2) is 18.1 Å². The van der Waals surface area contributed by atoms with E-state index < -0.39 is 10.0 Å². The second kappa shape index (κ2) is 5.55. The molecule has 2 aromatic rings. The van der Waals surface area contributed by atoms with Gasteiger partial charge in [0.2, 0.25) is 10.0 Å². The van der Waals surface area contributed by atoms with Crippen LogP contribution in [-0.2, 0) is 16.6 Å². The van der Waals surface area contributed by atoms with Crippen LogP contribution in [0.15, 0.2) is 35.6 Å². The average Bonchev–Trinajstić information content (AvgIpc) is 2.92. The van der Waals surface area contributed by atoms with Crippen molar-refractivity contribution in [1.29, 1.82) is 5.26 Å². The second-order valence-electron chi connectivity index (χ2n) is 3.55. The van der Waals surface area contributed by atoms with Gasteiger partial charge in [0.1, 0.15) is 16.7 Å². The Balaban J connectivity index is 1.99. The van der Waals surface area contributed by atoms with E-state index in [1.54, 1.807) is 6.20 Å². The van der Waals surface area contributed by atoms with Gasteiger partial charge in [-0.3, -0.25) is 4.68 Å². The van der Waals surface area contributed by atoms with E-state index in [-0.39, 0.29) is 17.1 Å². The van der Waals surface area contributed by atoms with Crippen molar-refractivity contribution in [3.63, 3.8) is 0 Å². The summed E-state index contributed by atoms with van der Waals surface area (Å²) >= 11 is 0. The second-order valence-corrected chi connectivity index (χ2v) is 5.32. The molecule has 0 aliphatic heterocycles. The van der Waals surface area contributed by atoms with E-state index in [2.05, 4.69) is 20.0 Å². The number of hydrogen-bond acceptors (Lipinski definition) is 6. The summed E-state index contributed by atoms with van der Waals surface area (Å²) in [5.74, 6) is 0. The van der Waals surface area contributed by atoms with Crippen LogP contribution < -0.4 is 4.72 Å². The Morgan fingerprint density at radius 1 is 1.42 bits per heavy atom. The molecule has 0 aliphatic carbocycles. The minimum absolute atomic E-state index is 0.0186. The van der Waals surface area contributed by atoms with Gasteiger partial charge >= 0.3 is 0 Å². The molecule has 1 N–H and O–H groups in total. The number of aromatic nitrogens is 4. The predicted octanol–water partition coefficient (Wildman–Crippen LogP) is -0.477. The molecule has 0 saturated heterocycles. The van der Waals surface area contributed by atoms with Crippen LogP contribution in [0.2, 0.25) is 0 Å². The van der Waals surface area contributed by atoms with E-state index in [1.807, 2.05) is 6.07 Å². The molecule has 98 valence electrons. The largest absolute Gasteiger partial charge is 0.251 e. The average molecular weight is 278 g/mol. The first-order valence-corrected chi connectivity index (χ1v) is 6.80. The fourth-order valence-electron chi connectivity index (χ4n) is 1.34. The lowest BCUT2D eigenvalue weighted by Gasteiger charge is -2.06. The van der Waals surface area contributed by atoms with Crippen molar-refractivity contribution in [3.8, 4) is 6.07 Å². The molecule has 0 spiro atoms. The predicted molar refractivity (Wildman–Crippen MR) is 64.2 cm³/mol. The van der Waals surface area contributed by atoms with E-state index in [0.29, 0.717) is 6.54 Å². The summed E-state index contributed by atoms with van der Waals surface area (Å²) in [6, 6.07) is 4.51. The van der Waals surface area contributed by atoms with E-state index in [0.717, 1.165) is 6.20 Å². The maximum Gasteiger partial charge on any atom is 0.242 e. The summed E-state index contributed by atoms with van der Waals surface area (Å²) in [7, 11) is -3.62. The van der Waals surface area contributed by atoms with Crippen molar-refractivity contribution in [1.82, 2.24) is 24.7 Å². The summed E-state index contributed by atoms with van der Waals surface area (Å²) in [4.78, 5) is 3.73. The molecule has 0 unspecified atom stereocenters. The van der Waals surface area contributed by atoms with Crippen molar-refractivity contribution in [2.75, 3.05) is 6.54 Å². The Morgan fingerprint density at radius 3 is 2.84 bits per heavy atom. The molecule has 0 amide bonds. The normalized spacial score (nSPS) is 11.1. The Morgan fingerprint density at radius 2 is 2.26 bits per heavy atom. The van der Waals surface area contributed by atoms with Gasteiger partial charge in [-0.2, -0.15) is 5.26 Å². The van der Waals surface area contributed by atoms with Crippen molar-refractivity contribution >= 4 is 10.0 Å². The van der Waals surface area contributed by atoms with Crippen molar-refractivity contribution < 1.29 is 8.42 Å². The van der Waals surface area contributed by atoms with Crippen molar-refractivity contribution in [2.24, 2.45) is 0 Å². The van der Waals surface area contributed by atoms with Crippen LogP contribution in [0.5, 0.6) is 0 Å². The fraction of sp³-hybridized carbons (Fsp3) is 0.200. The molecule has 0 fully saturated rings. The fourth-order valence-corrected chi connectivity index (χ4v) is 2.30. The molecule has 9 heteroatoms. The van der Waals surface area contributed by atoms with Gasteiger partial charge in [-0.15, -0.1) is 5.10 Å². The molecular formula is C10H10N6O2S. The van der Waals surface area contributed by atoms with Crippen molar-refractivity contribution in [2.45, 2.75) is 11.4 Å². The van der Waals surface area contributed by atoms with Crippen LogP contribution in [0.25, 0.3) is 0 Å². The molecule has 0 aromatic carbocycles. The summed E-state index contributed by atoms with van der Waals surface area (Å²) in [5, 5.41) is 15.9. The lowest BCUT2D eigenvalue weighted by molar-refractivity contribution is 0.552. The number of nitriles is 1. The van der Waals surface area contributed by atoms with Crippen LogP contribution in [0.3, 0.4) is 0 Å². The summed E-state index contributed by atoms with van der Waals surface area (Å²) in [6.45, 7) is 0.564. The third kappa shape index (κ3) is 3.34. The van der Waals surface area contributed by atoms with Gasteiger partial charge in [0, 0.05) is 18.9 Å². The summed E-state index contributed by atoms with van der Waals surface area (Å²) < 4.78 is 27.7. The highest BCUT2D eigenvalue weighted by Gasteiger charge is 2.13. The minimum Gasteiger partial charge on any atom is -0.251 e. The lowest BCUT2D eigenvalue weighted by atomic mass is 10.4. The van der Waals surface area contributed by atoms with Gasteiger partial charge in [-0.1, -0.05) is 5.21 Å². The Bertz CT molecular complexity index is 672. The number of nitrogens with zero attached hydrogens (tertiary/aromatic N) is 5. The number of nitrogens with one attached hydrogen (secondary N) is 1. The third-order valence-electron chi connectivity index (χ3n) is 2.27.